The molecule has 0 fully saturated rings. The van der Waals surface area contributed by atoms with Crippen molar-refractivity contribution in [2.45, 2.75) is 32.3 Å². The van der Waals surface area contributed by atoms with Gasteiger partial charge in [0.15, 0.2) is 0 Å². The molecule has 0 spiro atoms. The van der Waals surface area contributed by atoms with Crippen LogP contribution >= 0.6 is 0 Å². The fraction of sp³-hybridized carbons (Fsp3) is 0.400. The third kappa shape index (κ3) is 3.36. The van der Waals surface area contributed by atoms with Gasteiger partial charge in [0.05, 0.1) is 13.2 Å². The topological polar surface area (TPSA) is 35.5 Å². The van der Waals surface area contributed by atoms with Crippen LogP contribution in [0.4, 0.5) is 0 Å². The van der Waals surface area contributed by atoms with E-state index in [2.05, 4.69) is 31.2 Å². The van der Waals surface area contributed by atoms with Crippen molar-refractivity contribution >= 4 is 5.97 Å². The molecule has 1 aliphatic rings. The highest BCUT2D eigenvalue weighted by molar-refractivity contribution is 5.83. The van der Waals surface area contributed by atoms with Crippen molar-refractivity contribution in [1.82, 2.24) is 0 Å². The smallest absolute Gasteiger partial charge is 0.334 e. The molecule has 0 aromatic heterocycles. The first-order valence-electron chi connectivity index (χ1n) is 6.18. The van der Waals surface area contributed by atoms with Crippen molar-refractivity contribution in [2.24, 2.45) is 0 Å². The molecule has 2 rings (SSSR count). The third-order valence-corrected chi connectivity index (χ3v) is 3.13. The maximum atomic E-state index is 11.3. The fourth-order valence-corrected chi connectivity index (χ4v) is 2.04. The Kier molecular flexibility index (Phi) is 4.03. The number of carbonyl (C=O) groups excluding carboxylic acids is 1. The van der Waals surface area contributed by atoms with Gasteiger partial charge in [0, 0.05) is 6.42 Å². The molecular weight excluding hydrogens is 228 g/mol. The molecule has 3 nitrogen and oxygen atoms in total. The zero-order valence-electron chi connectivity index (χ0n) is 10.8. The van der Waals surface area contributed by atoms with Crippen molar-refractivity contribution in [1.29, 1.82) is 0 Å². The molecule has 0 aliphatic carbocycles. The van der Waals surface area contributed by atoms with E-state index in [1.807, 2.05) is 0 Å². The average molecular weight is 246 g/mol. The van der Waals surface area contributed by atoms with Crippen LogP contribution in [0.1, 0.15) is 24.0 Å². The second-order valence-corrected chi connectivity index (χ2v) is 4.60. The van der Waals surface area contributed by atoms with Crippen LogP contribution < -0.4 is 0 Å². The van der Waals surface area contributed by atoms with E-state index in [0.29, 0.717) is 12.2 Å². The minimum Gasteiger partial charge on any atom is -0.501 e. The molecule has 0 radical (unpaired) electrons. The van der Waals surface area contributed by atoms with Crippen LogP contribution in [0.2, 0.25) is 0 Å². The Balaban J connectivity index is 1.89. The maximum Gasteiger partial charge on any atom is 0.334 e. The van der Waals surface area contributed by atoms with Crippen molar-refractivity contribution < 1.29 is 14.3 Å². The first-order valence-corrected chi connectivity index (χ1v) is 6.18. The summed E-state index contributed by atoms with van der Waals surface area (Å²) < 4.78 is 10.4. The second-order valence-electron chi connectivity index (χ2n) is 4.60. The van der Waals surface area contributed by atoms with Gasteiger partial charge in [0.1, 0.15) is 11.9 Å². The molecule has 1 atom stereocenters. The molecule has 1 unspecified atom stereocenters. The second kappa shape index (κ2) is 5.71. The summed E-state index contributed by atoms with van der Waals surface area (Å²) in [4.78, 5) is 11.3. The lowest BCUT2D eigenvalue weighted by molar-refractivity contribution is -0.145. The molecule has 96 valence electrons. The van der Waals surface area contributed by atoms with Crippen LogP contribution in [0.3, 0.4) is 0 Å². The van der Waals surface area contributed by atoms with E-state index in [9.17, 15) is 4.79 Å². The highest BCUT2D eigenvalue weighted by Gasteiger charge is 2.21. The molecule has 1 heterocycles. The van der Waals surface area contributed by atoms with Crippen molar-refractivity contribution in [3.05, 3.63) is 47.2 Å². The van der Waals surface area contributed by atoms with E-state index >= 15 is 0 Å². The lowest BCUT2D eigenvalue weighted by Gasteiger charge is -2.22. The highest BCUT2D eigenvalue weighted by atomic mass is 16.5. The normalized spacial score (nSPS) is 19.1. The summed E-state index contributed by atoms with van der Waals surface area (Å²) in [7, 11) is 1.58. The van der Waals surface area contributed by atoms with Crippen LogP contribution in [0.15, 0.2) is 36.1 Å². The van der Waals surface area contributed by atoms with Crippen molar-refractivity contribution in [3.63, 3.8) is 0 Å². The number of hydrogen-bond acceptors (Lipinski definition) is 3. The van der Waals surface area contributed by atoms with Gasteiger partial charge in [-0.2, -0.15) is 0 Å². The quantitative estimate of drug-likeness (QED) is 0.766. The maximum absolute atomic E-state index is 11.3. The van der Waals surface area contributed by atoms with E-state index in [0.717, 1.165) is 12.8 Å². The van der Waals surface area contributed by atoms with Gasteiger partial charge in [-0.25, -0.2) is 4.79 Å². The average Bonchev–Trinajstić information content (AvgIpc) is 2.37. The van der Waals surface area contributed by atoms with Crippen molar-refractivity contribution in [2.75, 3.05) is 7.11 Å². The van der Waals surface area contributed by atoms with Gasteiger partial charge in [0.25, 0.3) is 0 Å². The number of cyclic esters (lactones) is 1. The third-order valence-electron chi connectivity index (χ3n) is 3.13. The number of aryl methyl sites for hydroxylation is 2. The molecule has 0 saturated carbocycles. The van der Waals surface area contributed by atoms with Crippen LogP contribution in [-0.2, 0) is 20.7 Å². The Morgan fingerprint density at radius 1 is 1.33 bits per heavy atom. The van der Waals surface area contributed by atoms with Gasteiger partial charge in [-0.05, 0) is 25.3 Å². The summed E-state index contributed by atoms with van der Waals surface area (Å²) in [6.45, 7) is 2.07. The molecule has 1 aromatic carbocycles. The summed E-state index contributed by atoms with van der Waals surface area (Å²) in [6, 6.07) is 8.44. The highest BCUT2D eigenvalue weighted by Crippen LogP contribution is 2.20. The number of ether oxygens (including phenoxy) is 2. The zero-order valence-corrected chi connectivity index (χ0v) is 10.8. The number of carbonyl (C=O) groups is 1. The largest absolute Gasteiger partial charge is 0.501 e. The molecule has 0 saturated heterocycles. The summed E-state index contributed by atoms with van der Waals surface area (Å²) in [5.74, 6) is 0.409. The number of esters is 1. The lowest BCUT2D eigenvalue weighted by atomic mass is 10.0. The molecule has 0 bridgehead atoms. The van der Waals surface area contributed by atoms with E-state index < -0.39 is 0 Å². The van der Waals surface area contributed by atoms with E-state index in [-0.39, 0.29) is 12.1 Å². The first-order chi connectivity index (χ1) is 8.67. The fourth-order valence-electron chi connectivity index (χ4n) is 2.04. The van der Waals surface area contributed by atoms with Crippen LogP contribution in [0.25, 0.3) is 0 Å². The van der Waals surface area contributed by atoms with Crippen LogP contribution in [-0.4, -0.2) is 19.2 Å². The van der Waals surface area contributed by atoms with Gasteiger partial charge in [-0.3, -0.25) is 0 Å². The summed E-state index contributed by atoms with van der Waals surface area (Å²) in [5.41, 5.74) is 2.53. The predicted molar refractivity (Wildman–Crippen MR) is 69.1 cm³/mol. The molecular formula is C15H18O3. The molecule has 3 heteroatoms. The van der Waals surface area contributed by atoms with Gasteiger partial charge in [-0.1, -0.05) is 29.8 Å². The van der Waals surface area contributed by atoms with Gasteiger partial charge in [0.2, 0.25) is 0 Å². The standard InChI is InChI=1S/C15H18O3/c1-11-3-5-12(6-4-11)7-8-13-9-14(17-2)10-15(16)18-13/h3-6,10,13H,7-9H2,1-2H3. The van der Waals surface area contributed by atoms with E-state index in [4.69, 9.17) is 9.47 Å². The SMILES string of the molecule is COC1=CC(=O)OC(CCc2ccc(C)cc2)C1. The van der Waals surface area contributed by atoms with Crippen LogP contribution in [0, 0.1) is 6.92 Å². The molecule has 18 heavy (non-hydrogen) atoms. The summed E-state index contributed by atoms with van der Waals surface area (Å²) >= 11 is 0. The van der Waals surface area contributed by atoms with Crippen molar-refractivity contribution in [3.8, 4) is 0 Å². The summed E-state index contributed by atoms with van der Waals surface area (Å²) in [6.07, 6.45) is 3.76. The Labute approximate surface area is 107 Å². The minimum atomic E-state index is -0.299. The lowest BCUT2D eigenvalue weighted by Crippen LogP contribution is -2.23. The Hall–Kier alpha value is -1.77. The zero-order chi connectivity index (χ0) is 13.0. The molecule has 0 N–H and O–H groups in total. The first kappa shape index (κ1) is 12.7. The number of methoxy groups -OCH3 is 1. The van der Waals surface area contributed by atoms with Gasteiger partial charge < -0.3 is 9.47 Å². The Bertz CT molecular complexity index is 445. The molecule has 1 aromatic rings. The molecule has 0 amide bonds. The predicted octanol–water partition coefficient (Wildman–Crippen LogP) is 2.77. The molecule has 1 aliphatic heterocycles. The van der Waals surface area contributed by atoms with Gasteiger partial charge in [-0.15, -0.1) is 0 Å². The Morgan fingerprint density at radius 2 is 2.06 bits per heavy atom. The number of rotatable bonds is 4. The monoisotopic (exact) mass is 246 g/mol. The van der Waals surface area contributed by atoms with E-state index in [1.54, 1.807) is 7.11 Å². The summed E-state index contributed by atoms with van der Waals surface area (Å²) in [5, 5.41) is 0. The van der Waals surface area contributed by atoms with E-state index in [1.165, 1.54) is 17.2 Å². The minimum absolute atomic E-state index is 0.0706. The van der Waals surface area contributed by atoms with Crippen LogP contribution in [0.5, 0.6) is 0 Å². The Morgan fingerprint density at radius 3 is 2.72 bits per heavy atom. The number of benzene rings is 1. The van der Waals surface area contributed by atoms with Gasteiger partial charge >= 0.3 is 5.97 Å². The number of hydrogen-bond donors (Lipinski definition) is 0.